The third-order valence-electron chi connectivity index (χ3n) is 3.20. The molecule has 0 aliphatic rings. The van der Waals surface area contributed by atoms with Gasteiger partial charge in [-0.05, 0) is 36.5 Å². The zero-order valence-electron chi connectivity index (χ0n) is 10.9. The SMILES string of the molecule is CCCC(N)C(O)CC(C)c1c(Cl)cccc1Cl. The summed E-state index contributed by atoms with van der Waals surface area (Å²) < 4.78 is 0. The fraction of sp³-hybridized carbons (Fsp3) is 0.571. The fourth-order valence-electron chi connectivity index (χ4n) is 2.16. The first-order chi connectivity index (χ1) is 8.47. The Hall–Kier alpha value is -0.280. The number of halogens is 2. The Labute approximate surface area is 119 Å². The fourth-order valence-corrected chi connectivity index (χ4v) is 2.93. The zero-order chi connectivity index (χ0) is 13.7. The van der Waals surface area contributed by atoms with Crippen LogP contribution in [0.4, 0.5) is 0 Å². The number of hydrogen-bond donors (Lipinski definition) is 2. The standard InChI is InChI=1S/C14H21Cl2NO/c1-3-5-12(17)13(18)8-9(2)14-10(15)6-4-7-11(14)16/h4,6-7,9,12-13,18H,3,5,8,17H2,1-2H3. The molecule has 0 heterocycles. The summed E-state index contributed by atoms with van der Waals surface area (Å²) in [6.07, 6.45) is 1.85. The normalized spacial score (nSPS) is 16.3. The van der Waals surface area contributed by atoms with Crippen molar-refractivity contribution >= 4 is 23.2 Å². The molecule has 18 heavy (non-hydrogen) atoms. The minimum absolute atomic E-state index is 0.0871. The van der Waals surface area contributed by atoms with Crippen LogP contribution in [0.25, 0.3) is 0 Å². The van der Waals surface area contributed by atoms with E-state index in [0.717, 1.165) is 18.4 Å². The van der Waals surface area contributed by atoms with Crippen molar-refractivity contribution in [3.63, 3.8) is 0 Å². The molecule has 0 saturated carbocycles. The number of aliphatic hydroxyl groups excluding tert-OH is 1. The van der Waals surface area contributed by atoms with Gasteiger partial charge < -0.3 is 10.8 Å². The van der Waals surface area contributed by atoms with Crippen LogP contribution in [0.15, 0.2) is 18.2 Å². The number of aliphatic hydroxyl groups is 1. The predicted octanol–water partition coefficient (Wildman–Crippen LogP) is 3.98. The molecule has 0 fully saturated rings. The quantitative estimate of drug-likeness (QED) is 0.832. The average molecular weight is 290 g/mol. The molecule has 3 atom stereocenters. The topological polar surface area (TPSA) is 46.2 Å². The van der Waals surface area contributed by atoms with E-state index in [1.165, 1.54) is 0 Å². The number of nitrogens with two attached hydrogens (primary N) is 1. The van der Waals surface area contributed by atoms with Gasteiger partial charge in [-0.25, -0.2) is 0 Å². The molecule has 102 valence electrons. The molecule has 2 nitrogen and oxygen atoms in total. The molecule has 0 aromatic heterocycles. The van der Waals surface area contributed by atoms with Gasteiger partial charge in [0.2, 0.25) is 0 Å². The largest absolute Gasteiger partial charge is 0.391 e. The molecular weight excluding hydrogens is 269 g/mol. The van der Waals surface area contributed by atoms with Crippen LogP contribution in [0.5, 0.6) is 0 Å². The maximum atomic E-state index is 10.1. The zero-order valence-corrected chi connectivity index (χ0v) is 12.4. The maximum absolute atomic E-state index is 10.1. The summed E-state index contributed by atoms with van der Waals surface area (Å²) in [4.78, 5) is 0. The molecule has 0 bridgehead atoms. The summed E-state index contributed by atoms with van der Waals surface area (Å²) in [5.74, 6) is 0.0871. The molecule has 1 aromatic carbocycles. The second kappa shape index (κ2) is 7.34. The van der Waals surface area contributed by atoms with Crippen LogP contribution in [0.3, 0.4) is 0 Å². The van der Waals surface area contributed by atoms with Crippen molar-refractivity contribution in [2.24, 2.45) is 5.73 Å². The maximum Gasteiger partial charge on any atom is 0.0696 e. The molecular formula is C14H21Cl2NO. The lowest BCUT2D eigenvalue weighted by Crippen LogP contribution is -2.35. The van der Waals surface area contributed by atoms with Crippen LogP contribution < -0.4 is 5.73 Å². The lowest BCUT2D eigenvalue weighted by Gasteiger charge is -2.23. The van der Waals surface area contributed by atoms with Crippen molar-refractivity contribution in [3.05, 3.63) is 33.8 Å². The minimum Gasteiger partial charge on any atom is -0.391 e. The summed E-state index contributed by atoms with van der Waals surface area (Å²) in [6.45, 7) is 4.07. The minimum atomic E-state index is -0.521. The van der Waals surface area contributed by atoms with Crippen molar-refractivity contribution in [2.75, 3.05) is 0 Å². The molecule has 4 heteroatoms. The molecule has 1 aromatic rings. The van der Waals surface area contributed by atoms with Crippen LogP contribution in [0, 0.1) is 0 Å². The van der Waals surface area contributed by atoms with Gasteiger partial charge in [0.25, 0.3) is 0 Å². The summed E-state index contributed by atoms with van der Waals surface area (Å²) >= 11 is 12.3. The number of hydrogen-bond acceptors (Lipinski definition) is 2. The first kappa shape index (κ1) is 15.8. The summed E-state index contributed by atoms with van der Waals surface area (Å²) in [5, 5.41) is 11.3. The third kappa shape index (κ3) is 4.13. The van der Waals surface area contributed by atoms with Crippen molar-refractivity contribution < 1.29 is 5.11 Å². The highest BCUT2D eigenvalue weighted by atomic mass is 35.5. The molecule has 3 N–H and O–H groups in total. The first-order valence-electron chi connectivity index (χ1n) is 6.34. The molecule has 3 unspecified atom stereocenters. The summed E-state index contributed by atoms with van der Waals surface area (Å²) in [5.41, 5.74) is 6.81. The van der Waals surface area contributed by atoms with Gasteiger partial charge in [0, 0.05) is 16.1 Å². The predicted molar refractivity (Wildman–Crippen MR) is 78.4 cm³/mol. The van der Waals surface area contributed by atoms with Crippen LogP contribution in [0.2, 0.25) is 10.0 Å². The Kier molecular flexibility index (Phi) is 6.44. The number of rotatable bonds is 6. The van der Waals surface area contributed by atoms with Crippen LogP contribution in [-0.2, 0) is 0 Å². The second-order valence-corrected chi connectivity index (χ2v) is 5.61. The highest BCUT2D eigenvalue weighted by Crippen LogP contribution is 2.34. The molecule has 0 spiro atoms. The van der Waals surface area contributed by atoms with E-state index in [0.29, 0.717) is 16.5 Å². The van der Waals surface area contributed by atoms with E-state index >= 15 is 0 Å². The molecule has 0 aliphatic carbocycles. The van der Waals surface area contributed by atoms with Gasteiger partial charge in [-0.15, -0.1) is 0 Å². The van der Waals surface area contributed by atoms with Gasteiger partial charge in [-0.3, -0.25) is 0 Å². The first-order valence-corrected chi connectivity index (χ1v) is 7.10. The Bertz CT molecular complexity index is 364. The van der Waals surface area contributed by atoms with Crippen molar-refractivity contribution in [3.8, 4) is 0 Å². The highest BCUT2D eigenvalue weighted by molar-refractivity contribution is 6.36. The van der Waals surface area contributed by atoms with E-state index in [-0.39, 0.29) is 12.0 Å². The smallest absolute Gasteiger partial charge is 0.0696 e. The Morgan fingerprint density at radius 2 is 1.83 bits per heavy atom. The Morgan fingerprint density at radius 1 is 1.28 bits per heavy atom. The second-order valence-electron chi connectivity index (χ2n) is 4.79. The van der Waals surface area contributed by atoms with Gasteiger partial charge in [0.1, 0.15) is 0 Å². The lowest BCUT2D eigenvalue weighted by molar-refractivity contribution is 0.124. The van der Waals surface area contributed by atoms with E-state index in [1.807, 2.05) is 25.1 Å². The lowest BCUT2D eigenvalue weighted by atomic mass is 9.91. The molecule has 1 rings (SSSR count). The van der Waals surface area contributed by atoms with Gasteiger partial charge in [-0.1, -0.05) is 49.5 Å². The van der Waals surface area contributed by atoms with Gasteiger partial charge in [0.15, 0.2) is 0 Å². The Morgan fingerprint density at radius 3 is 2.33 bits per heavy atom. The van der Waals surface area contributed by atoms with Gasteiger partial charge in [0.05, 0.1) is 6.10 Å². The van der Waals surface area contributed by atoms with Gasteiger partial charge >= 0.3 is 0 Å². The van der Waals surface area contributed by atoms with Crippen LogP contribution in [-0.4, -0.2) is 17.3 Å². The third-order valence-corrected chi connectivity index (χ3v) is 3.86. The molecule has 0 amide bonds. The van der Waals surface area contributed by atoms with E-state index in [1.54, 1.807) is 0 Å². The van der Waals surface area contributed by atoms with Crippen molar-refractivity contribution in [2.45, 2.75) is 51.2 Å². The van der Waals surface area contributed by atoms with Crippen LogP contribution in [0.1, 0.15) is 44.6 Å². The van der Waals surface area contributed by atoms with Crippen molar-refractivity contribution in [1.29, 1.82) is 0 Å². The summed E-state index contributed by atoms with van der Waals surface area (Å²) in [7, 11) is 0. The molecule has 0 radical (unpaired) electrons. The van der Waals surface area contributed by atoms with E-state index in [9.17, 15) is 5.11 Å². The van der Waals surface area contributed by atoms with E-state index in [4.69, 9.17) is 28.9 Å². The monoisotopic (exact) mass is 289 g/mol. The molecule has 0 aliphatic heterocycles. The summed E-state index contributed by atoms with van der Waals surface area (Å²) in [6, 6.07) is 5.27. The highest BCUT2D eigenvalue weighted by Gasteiger charge is 2.21. The van der Waals surface area contributed by atoms with Gasteiger partial charge in [-0.2, -0.15) is 0 Å². The van der Waals surface area contributed by atoms with E-state index < -0.39 is 6.10 Å². The molecule has 0 saturated heterocycles. The van der Waals surface area contributed by atoms with Crippen LogP contribution >= 0.6 is 23.2 Å². The average Bonchev–Trinajstić information content (AvgIpc) is 2.28. The van der Waals surface area contributed by atoms with E-state index in [2.05, 4.69) is 6.92 Å². The Balaban J connectivity index is 2.73. The van der Waals surface area contributed by atoms with Crippen molar-refractivity contribution in [1.82, 2.24) is 0 Å². The number of benzene rings is 1.